The van der Waals surface area contributed by atoms with Gasteiger partial charge in [0.05, 0.1) is 27.8 Å². The Morgan fingerprint density at radius 3 is 1.58 bits per heavy atom. The molecule has 0 atom stereocenters. The first kappa shape index (κ1) is 28.1. The Morgan fingerprint density at radius 1 is 0.380 bits per heavy atom. The van der Waals surface area contributed by atoms with Crippen molar-refractivity contribution in [2.24, 2.45) is 0 Å². The minimum absolute atomic E-state index is 0.561. The molecule has 6 heteroatoms. The zero-order valence-corrected chi connectivity index (χ0v) is 26.8. The van der Waals surface area contributed by atoms with Crippen molar-refractivity contribution >= 4 is 43.6 Å². The molecule has 0 unspecified atom stereocenters. The summed E-state index contributed by atoms with van der Waals surface area (Å²) in [6.07, 6.45) is 1.92. The third kappa shape index (κ3) is 4.43. The number of aromatic nitrogens is 6. The maximum atomic E-state index is 5.13. The van der Waals surface area contributed by atoms with Crippen LogP contribution in [0.2, 0.25) is 0 Å². The van der Waals surface area contributed by atoms with E-state index in [0.29, 0.717) is 17.6 Å². The summed E-state index contributed by atoms with van der Waals surface area (Å²) in [7, 11) is 0. The van der Waals surface area contributed by atoms with Gasteiger partial charge in [-0.2, -0.15) is 9.97 Å². The van der Waals surface area contributed by atoms with E-state index >= 15 is 0 Å². The van der Waals surface area contributed by atoms with Gasteiger partial charge in [0, 0.05) is 50.1 Å². The third-order valence-electron chi connectivity index (χ3n) is 9.43. The molecule has 0 fully saturated rings. The van der Waals surface area contributed by atoms with Gasteiger partial charge in [-0.25, -0.2) is 4.98 Å². The Labute approximate surface area is 287 Å². The van der Waals surface area contributed by atoms with E-state index in [1.807, 2.05) is 66.9 Å². The molecule has 0 aliphatic rings. The second-order valence-electron chi connectivity index (χ2n) is 12.3. The number of hydrogen-bond donors (Lipinski definition) is 0. The highest BCUT2D eigenvalue weighted by molar-refractivity contribution is 6.14. The van der Waals surface area contributed by atoms with Gasteiger partial charge in [-0.3, -0.25) is 9.55 Å². The van der Waals surface area contributed by atoms with Crippen molar-refractivity contribution in [2.45, 2.75) is 0 Å². The first-order valence-electron chi connectivity index (χ1n) is 16.7. The molecule has 0 saturated carbocycles. The molecule has 0 saturated heterocycles. The molecule has 10 aromatic rings. The maximum absolute atomic E-state index is 5.13. The van der Waals surface area contributed by atoms with Crippen molar-refractivity contribution in [3.63, 3.8) is 0 Å². The summed E-state index contributed by atoms with van der Waals surface area (Å²) >= 11 is 0. The number of para-hydroxylation sites is 3. The Balaban J connectivity index is 1.27. The van der Waals surface area contributed by atoms with Gasteiger partial charge in [-0.1, -0.05) is 127 Å². The molecule has 234 valence electrons. The van der Waals surface area contributed by atoms with Crippen LogP contribution >= 0.6 is 0 Å². The SMILES string of the molecule is c1ccc(-c2nc(-c3ccccc3)nc(-n3c4ccccc4c4ccc(-c5nccc6c7ccccc7n(-c7ccccc7)c56)cc43)n2)cc1. The van der Waals surface area contributed by atoms with Crippen molar-refractivity contribution in [1.29, 1.82) is 0 Å². The van der Waals surface area contributed by atoms with Crippen molar-refractivity contribution in [3.8, 4) is 45.7 Å². The number of hydrogen-bond acceptors (Lipinski definition) is 4. The van der Waals surface area contributed by atoms with Gasteiger partial charge in [-0.05, 0) is 36.4 Å². The van der Waals surface area contributed by atoms with Gasteiger partial charge in [-0.15, -0.1) is 0 Å². The van der Waals surface area contributed by atoms with E-state index in [1.54, 1.807) is 0 Å². The van der Waals surface area contributed by atoms with Crippen LogP contribution in [0.3, 0.4) is 0 Å². The van der Waals surface area contributed by atoms with E-state index in [9.17, 15) is 0 Å². The number of pyridine rings is 1. The summed E-state index contributed by atoms with van der Waals surface area (Å²) in [5.41, 5.74) is 9.10. The molecular formula is C44H28N6. The van der Waals surface area contributed by atoms with Gasteiger partial charge in [0.1, 0.15) is 0 Å². The highest BCUT2D eigenvalue weighted by Crippen LogP contribution is 2.39. The topological polar surface area (TPSA) is 61.4 Å². The van der Waals surface area contributed by atoms with Crippen molar-refractivity contribution in [2.75, 3.05) is 0 Å². The lowest BCUT2D eigenvalue weighted by Crippen LogP contribution is -2.06. The monoisotopic (exact) mass is 640 g/mol. The molecule has 4 aromatic heterocycles. The lowest BCUT2D eigenvalue weighted by Gasteiger charge is -2.12. The molecule has 0 N–H and O–H groups in total. The van der Waals surface area contributed by atoms with Crippen LogP contribution < -0.4 is 0 Å². The molecule has 0 bridgehead atoms. The fourth-order valence-corrected chi connectivity index (χ4v) is 7.20. The van der Waals surface area contributed by atoms with Crippen molar-refractivity contribution in [1.82, 2.24) is 29.1 Å². The Bertz CT molecular complexity index is 2800. The van der Waals surface area contributed by atoms with Crippen LogP contribution in [0, 0.1) is 0 Å². The van der Waals surface area contributed by atoms with E-state index in [0.717, 1.165) is 66.3 Å². The van der Waals surface area contributed by atoms with Gasteiger partial charge >= 0.3 is 0 Å². The zero-order valence-electron chi connectivity index (χ0n) is 26.8. The summed E-state index contributed by atoms with van der Waals surface area (Å²) in [5, 5.41) is 4.59. The summed E-state index contributed by atoms with van der Waals surface area (Å²) < 4.78 is 4.50. The van der Waals surface area contributed by atoms with E-state index in [2.05, 4.69) is 112 Å². The van der Waals surface area contributed by atoms with E-state index in [1.165, 1.54) is 5.39 Å². The van der Waals surface area contributed by atoms with Crippen LogP contribution in [0.4, 0.5) is 0 Å². The van der Waals surface area contributed by atoms with Crippen LogP contribution in [0.1, 0.15) is 0 Å². The average molecular weight is 641 g/mol. The molecule has 6 aromatic carbocycles. The zero-order chi connectivity index (χ0) is 33.0. The molecule has 0 amide bonds. The van der Waals surface area contributed by atoms with E-state index < -0.39 is 0 Å². The van der Waals surface area contributed by atoms with Crippen molar-refractivity contribution < 1.29 is 0 Å². The Kier molecular flexibility index (Phi) is 6.39. The lowest BCUT2D eigenvalue weighted by molar-refractivity contribution is 0.953. The molecular weight excluding hydrogens is 613 g/mol. The van der Waals surface area contributed by atoms with Crippen LogP contribution in [-0.2, 0) is 0 Å². The minimum Gasteiger partial charge on any atom is -0.307 e. The van der Waals surface area contributed by atoms with Crippen LogP contribution in [-0.4, -0.2) is 29.1 Å². The number of fused-ring (bicyclic) bond motifs is 6. The summed E-state index contributed by atoms with van der Waals surface area (Å²) in [6.45, 7) is 0. The number of benzene rings is 6. The first-order valence-corrected chi connectivity index (χ1v) is 16.7. The van der Waals surface area contributed by atoms with Gasteiger partial charge in [0.2, 0.25) is 5.95 Å². The van der Waals surface area contributed by atoms with E-state index in [-0.39, 0.29) is 0 Å². The summed E-state index contributed by atoms with van der Waals surface area (Å²) in [6, 6.07) is 56.5. The lowest BCUT2D eigenvalue weighted by atomic mass is 10.1. The predicted octanol–water partition coefficient (Wildman–Crippen LogP) is 10.5. The minimum atomic E-state index is 0.561. The largest absolute Gasteiger partial charge is 0.307 e. The average Bonchev–Trinajstić information content (AvgIpc) is 3.71. The molecule has 10 rings (SSSR count). The van der Waals surface area contributed by atoms with E-state index in [4.69, 9.17) is 19.9 Å². The summed E-state index contributed by atoms with van der Waals surface area (Å²) in [4.78, 5) is 20.3. The van der Waals surface area contributed by atoms with Gasteiger partial charge in [0.15, 0.2) is 11.6 Å². The molecule has 4 heterocycles. The summed E-state index contributed by atoms with van der Waals surface area (Å²) in [5.74, 6) is 1.80. The molecule has 0 aliphatic heterocycles. The first-order chi connectivity index (χ1) is 24.8. The maximum Gasteiger partial charge on any atom is 0.238 e. The smallest absolute Gasteiger partial charge is 0.238 e. The molecule has 50 heavy (non-hydrogen) atoms. The van der Waals surface area contributed by atoms with Crippen molar-refractivity contribution in [3.05, 3.63) is 170 Å². The van der Waals surface area contributed by atoms with Crippen LogP contribution in [0.15, 0.2) is 170 Å². The highest BCUT2D eigenvalue weighted by atomic mass is 15.2. The predicted molar refractivity (Wildman–Crippen MR) is 203 cm³/mol. The second-order valence-corrected chi connectivity index (χ2v) is 12.3. The van der Waals surface area contributed by atoms with Crippen LogP contribution in [0.25, 0.3) is 89.3 Å². The molecule has 0 radical (unpaired) electrons. The number of rotatable bonds is 5. The van der Waals surface area contributed by atoms with Crippen LogP contribution in [0.5, 0.6) is 0 Å². The quantitative estimate of drug-likeness (QED) is 0.188. The fraction of sp³-hybridized carbons (Fsp3) is 0. The third-order valence-corrected chi connectivity index (χ3v) is 9.43. The Morgan fingerprint density at radius 2 is 0.920 bits per heavy atom. The standard InChI is InChI=1S/C44H28N6/c1-4-14-29(15-5-1)42-46-43(30-16-6-2-7-17-30)48-44(47-42)50-38-23-13-10-20-33(38)35-25-24-31(28-39(35)50)40-41-36(26-27-45-40)34-21-11-12-22-37(34)49(41)32-18-8-3-9-19-32/h1-28H. The number of nitrogens with zero attached hydrogens (tertiary/aromatic N) is 6. The Hall–Kier alpha value is -6.92. The second kappa shape index (κ2) is 11.4. The highest BCUT2D eigenvalue weighted by Gasteiger charge is 2.21. The molecule has 0 spiro atoms. The molecule has 0 aliphatic carbocycles. The normalized spacial score (nSPS) is 11.6. The fourth-order valence-electron chi connectivity index (χ4n) is 7.20. The van der Waals surface area contributed by atoms with Gasteiger partial charge < -0.3 is 4.57 Å². The molecule has 6 nitrogen and oxygen atoms in total. The van der Waals surface area contributed by atoms with Gasteiger partial charge in [0.25, 0.3) is 0 Å².